The van der Waals surface area contributed by atoms with Crippen LogP contribution < -0.4 is 0 Å². The van der Waals surface area contributed by atoms with Crippen LogP contribution in [-0.4, -0.2) is 9.13 Å². The van der Waals surface area contributed by atoms with Gasteiger partial charge in [-0.2, -0.15) is 0 Å². The summed E-state index contributed by atoms with van der Waals surface area (Å²) in [4.78, 5) is 0. The summed E-state index contributed by atoms with van der Waals surface area (Å²) in [6.45, 7) is 2.29. The fraction of sp³-hybridized carbons (Fsp3) is 0.143. The number of hydrogen-bond donors (Lipinski definition) is 0. The molecule has 2 heterocycles. The molecule has 0 aliphatic rings. The van der Waals surface area contributed by atoms with Gasteiger partial charge in [-0.25, -0.2) is 0 Å². The number of hydrogen-bond acceptors (Lipinski definition) is 0. The van der Waals surface area contributed by atoms with Crippen LogP contribution in [0.3, 0.4) is 0 Å². The molecule has 6 rings (SSSR count). The maximum absolute atomic E-state index is 2.56. The van der Waals surface area contributed by atoms with Crippen molar-refractivity contribution in [2.75, 3.05) is 0 Å². The molecule has 2 aromatic heterocycles. The van der Waals surface area contributed by atoms with Crippen molar-refractivity contribution >= 4 is 43.6 Å². The zero-order chi connectivity index (χ0) is 20.1. The van der Waals surface area contributed by atoms with Crippen LogP contribution in [0.4, 0.5) is 0 Å². The number of aromatic nitrogens is 2. The van der Waals surface area contributed by atoms with Crippen molar-refractivity contribution in [3.8, 4) is 0 Å². The monoisotopic (exact) mass is 388 g/mol. The molecule has 0 saturated carbocycles. The molecule has 0 spiro atoms. The van der Waals surface area contributed by atoms with Crippen molar-refractivity contribution in [2.45, 2.75) is 25.9 Å². The highest BCUT2D eigenvalue weighted by molar-refractivity contribution is 6.09. The minimum absolute atomic E-state index is 0.213. The van der Waals surface area contributed by atoms with E-state index in [9.17, 15) is 0 Å². The highest BCUT2D eigenvalue weighted by Crippen LogP contribution is 2.38. The molecule has 0 amide bonds. The summed E-state index contributed by atoms with van der Waals surface area (Å²) in [6, 6.07) is 35.3. The van der Waals surface area contributed by atoms with Gasteiger partial charge in [-0.05, 0) is 30.7 Å². The average Bonchev–Trinajstić information content (AvgIpc) is 3.31. The van der Waals surface area contributed by atoms with Crippen LogP contribution in [-0.2, 0) is 0 Å². The molecule has 4 aromatic carbocycles. The van der Waals surface area contributed by atoms with Gasteiger partial charge in [-0.3, -0.25) is 0 Å². The van der Waals surface area contributed by atoms with Crippen LogP contribution >= 0.6 is 0 Å². The van der Waals surface area contributed by atoms with Gasteiger partial charge in [0.25, 0.3) is 0 Å². The molecule has 2 heteroatoms. The molecule has 0 bridgehead atoms. The van der Waals surface area contributed by atoms with Crippen LogP contribution in [0.1, 0.15) is 25.9 Å². The van der Waals surface area contributed by atoms with E-state index in [2.05, 4.69) is 113 Å². The van der Waals surface area contributed by atoms with Gasteiger partial charge < -0.3 is 9.13 Å². The Morgan fingerprint density at radius 2 is 0.800 bits per heavy atom. The largest absolute Gasteiger partial charge is 0.319 e. The van der Waals surface area contributed by atoms with Gasteiger partial charge in [0.15, 0.2) is 0 Å². The van der Waals surface area contributed by atoms with Crippen LogP contribution in [0.5, 0.6) is 0 Å². The lowest BCUT2D eigenvalue weighted by molar-refractivity contribution is 0.439. The van der Waals surface area contributed by atoms with E-state index in [0.717, 1.165) is 12.8 Å². The highest BCUT2D eigenvalue weighted by Gasteiger charge is 2.22. The zero-order valence-corrected chi connectivity index (χ0v) is 17.1. The summed E-state index contributed by atoms with van der Waals surface area (Å²) in [5.41, 5.74) is 5.22. The molecule has 0 aliphatic heterocycles. The standard InChI is InChI=1S/C28H24N2/c1-2-11-28(29-24-16-7-3-12-20(24)21-13-4-8-17-25(21)29)30-26-18-9-5-14-22(26)23-15-6-10-19-27(23)30/h3-10,12-19,28H,2,11H2,1H3. The van der Waals surface area contributed by atoms with E-state index in [1.165, 1.54) is 43.6 Å². The fourth-order valence-electron chi connectivity index (χ4n) is 5.18. The molecule has 0 saturated heterocycles. The molecule has 6 aromatic rings. The van der Waals surface area contributed by atoms with Gasteiger partial charge in [0, 0.05) is 21.5 Å². The van der Waals surface area contributed by atoms with E-state index in [1.807, 2.05) is 0 Å². The average molecular weight is 389 g/mol. The normalized spacial score (nSPS) is 12.1. The van der Waals surface area contributed by atoms with E-state index in [0.29, 0.717) is 0 Å². The highest BCUT2D eigenvalue weighted by atomic mass is 15.2. The molecule has 0 N–H and O–H groups in total. The lowest BCUT2D eigenvalue weighted by Gasteiger charge is -2.25. The maximum Gasteiger partial charge on any atom is 0.111 e. The topological polar surface area (TPSA) is 9.86 Å². The smallest absolute Gasteiger partial charge is 0.111 e. The Morgan fingerprint density at radius 3 is 1.10 bits per heavy atom. The van der Waals surface area contributed by atoms with E-state index < -0.39 is 0 Å². The second-order valence-electron chi connectivity index (χ2n) is 8.08. The third-order valence-corrected chi connectivity index (χ3v) is 6.38. The van der Waals surface area contributed by atoms with Gasteiger partial charge in [-0.15, -0.1) is 0 Å². The third-order valence-electron chi connectivity index (χ3n) is 6.38. The Balaban J connectivity index is 1.77. The Morgan fingerprint density at radius 1 is 0.500 bits per heavy atom. The summed E-state index contributed by atoms with van der Waals surface area (Å²) >= 11 is 0. The summed E-state index contributed by atoms with van der Waals surface area (Å²) < 4.78 is 5.13. The summed E-state index contributed by atoms with van der Waals surface area (Å²) in [7, 11) is 0. The van der Waals surface area contributed by atoms with Gasteiger partial charge in [0.1, 0.15) is 6.17 Å². The quantitative estimate of drug-likeness (QED) is 0.292. The van der Waals surface area contributed by atoms with Crippen LogP contribution in [0.2, 0.25) is 0 Å². The van der Waals surface area contributed by atoms with Crippen LogP contribution in [0, 0.1) is 0 Å². The molecule has 2 nitrogen and oxygen atoms in total. The minimum atomic E-state index is 0.213. The number of benzene rings is 4. The van der Waals surface area contributed by atoms with E-state index in [1.54, 1.807) is 0 Å². The molecular weight excluding hydrogens is 364 g/mol. The molecule has 0 radical (unpaired) electrons. The molecule has 0 atom stereocenters. The lowest BCUT2D eigenvalue weighted by atomic mass is 10.2. The number of nitrogens with zero attached hydrogens (tertiary/aromatic N) is 2. The second-order valence-corrected chi connectivity index (χ2v) is 8.08. The van der Waals surface area contributed by atoms with Crippen molar-refractivity contribution in [3.63, 3.8) is 0 Å². The first-order valence-electron chi connectivity index (χ1n) is 10.8. The summed E-state index contributed by atoms with van der Waals surface area (Å²) in [6.07, 6.45) is 2.40. The molecular formula is C28H24N2. The molecule has 0 fully saturated rings. The van der Waals surface area contributed by atoms with Gasteiger partial charge in [0.2, 0.25) is 0 Å². The van der Waals surface area contributed by atoms with Crippen molar-refractivity contribution in [3.05, 3.63) is 97.1 Å². The van der Waals surface area contributed by atoms with Gasteiger partial charge >= 0.3 is 0 Å². The van der Waals surface area contributed by atoms with Crippen LogP contribution in [0.15, 0.2) is 97.1 Å². The molecule has 0 unspecified atom stereocenters. The zero-order valence-electron chi connectivity index (χ0n) is 17.1. The van der Waals surface area contributed by atoms with Crippen molar-refractivity contribution in [1.29, 1.82) is 0 Å². The Kier molecular flexibility index (Phi) is 3.92. The fourth-order valence-corrected chi connectivity index (χ4v) is 5.18. The Labute approximate surface area is 176 Å². The minimum Gasteiger partial charge on any atom is -0.319 e. The SMILES string of the molecule is CCCC(n1c2ccccc2c2ccccc21)n1c2ccccc2c2ccccc21. The van der Waals surface area contributed by atoms with Gasteiger partial charge in [-0.1, -0.05) is 86.1 Å². The van der Waals surface area contributed by atoms with E-state index in [-0.39, 0.29) is 6.17 Å². The first kappa shape index (κ1) is 17.3. The number of para-hydroxylation sites is 4. The summed E-state index contributed by atoms with van der Waals surface area (Å²) in [5, 5.41) is 5.31. The van der Waals surface area contributed by atoms with Crippen molar-refractivity contribution in [1.82, 2.24) is 9.13 Å². The van der Waals surface area contributed by atoms with E-state index in [4.69, 9.17) is 0 Å². The summed E-state index contributed by atoms with van der Waals surface area (Å²) in [5.74, 6) is 0. The van der Waals surface area contributed by atoms with Crippen molar-refractivity contribution in [2.24, 2.45) is 0 Å². The Bertz CT molecular complexity index is 1300. The number of fused-ring (bicyclic) bond motifs is 6. The molecule has 30 heavy (non-hydrogen) atoms. The Hall–Kier alpha value is -3.52. The van der Waals surface area contributed by atoms with E-state index >= 15 is 0 Å². The predicted molar refractivity (Wildman–Crippen MR) is 128 cm³/mol. The third kappa shape index (κ3) is 2.37. The first-order chi connectivity index (χ1) is 14.9. The molecule has 0 aliphatic carbocycles. The second kappa shape index (κ2) is 6.77. The maximum atomic E-state index is 2.56. The van der Waals surface area contributed by atoms with Crippen LogP contribution in [0.25, 0.3) is 43.6 Å². The first-order valence-corrected chi connectivity index (χ1v) is 10.8. The number of rotatable bonds is 4. The van der Waals surface area contributed by atoms with Crippen molar-refractivity contribution < 1.29 is 0 Å². The molecule has 146 valence electrons. The predicted octanol–water partition coefficient (Wildman–Crippen LogP) is 7.75. The van der Waals surface area contributed by atoms with Gasteiger partial charge in [0.05, 0.1) is 22.1 Å². The lowest BCUT2D eigenvalue weighted by Crippen LogP contribution is -2.17.